The third-order valence-corrected chi connectivity index (χ3v) is 9.24. The third kappa shape index (κ3) is 3.40. The normalized spacial score (nSPS) is 22.7. The Morgan fingerprint density at radius 1 is 1.54 bits per heavy atom. The Morgan fingerprint density at radius 3 is 2.67 bits per heavy atom. The lowest BCUT2D eigenvalue weighted by Crippen LogP contribution is -2.40. The number of nitrogens with zero attached hydrogens (tertiary/aromatic N) is 1. The van der Waals surface area contributed by atoms with Crippen LogP contribution in [0.25, 0.3) is 0 Å². The molecular formula is C12H17ClN2O6S3. The topological polar surface area (TPSA) is 124 Å². The maximum Gasteiger partial charge on any atom is 0.411 e. The summed E-state index contributed by atoms with van der Waals surface area (Å²) in [7, 11) is -7.73. The number of primary sulfonamides is 1. The van der Waals surface area contributed by atoms with Gasteiger partial charge in [-0.2, -0.15) is 0 Å². The van der Waals surface area contributed by atoms with Gasteiger partial charge in [0.2, 0.25) is 10.0 Å². The van der Waals surface area contributed by atoms with Gasteiger partial charge < -0.3 is 9.64 Å². The molecule has 0 bridgehead atoms. The van der Waals surface area contributed by atoms with E-state index in [1.807, 2.05) is 0 Å². The molecule has 0 aromatic carbocycles. The highest BCUT2D eigenvalue weighted by molar-refractivity contribution is 7.95. The van der Waals surface area contributed by atoms with E-state index in [4.69, 9.17) is 21.5 Å². The van der Waals surface area contributed by atoms with Crippen molar-refractivity contribution in [3.8, 4) is 0 Å². The van der Waals surface area contributed by atoms with Gasteiger partial charge in [0.05, 0.1) is 11.3 Å². The van der Waals surface area contributed by atoms with Crippen LogP contribution in [0.4, 0.5) is 4.79 Å². The smallest absolute Gasteiger partial charge is 0.411 e. The maximum atomic E-state index is 12.5. The number of carbonyl (C=O) groups excluding carboxylic acids is 1. The number of hydrogen-bond donors (Lipinski definition) is 1. The fourth-order valence-corrected chi connectivity index (χ4v) is 7.10. The van der Waals surface area contributed by atoms with E-state index in [0.717, 1.165) is 0 Å². The maximum absolute atomic E-state index is 12.5. The van der Waals surface area contributed by atoms with Gasteiger partial charge in [0.25, 0.3) is 0 Å². The molecule has 24 heavy (non-hydrogen) atoms. The van der Waals surface area contributed by atoms with Gasteiger partial charge in [-0.1, -0.05) is 11.6 Å². The van der Waals surface area contributed by atoms with E-state index in [0.29, 0.717) is 11.3 Å². The largest absolute Gasteiger partial charge is 0.433 e. The van der Waals surface area contributed by atoms with Crippen molar-refractivity contribution < 1.29 is 26.4 Å². The molecule has 0 spiro atoms. The van der Waals surface area contributed by atoms with Crippen molar-refractivity contribution in [3.05, 3.63) is 11.6 Å². The second kappa shape index (κ2) is 6.79. The number of sulfone groups is 1. The minimum absolute atomic E-state index is 0.0765. The van der Waals surface area contributed by atoms with Crippen molar-refractivity contribution in [1.29, 1.82) is 0 Å². The van der Waals surface area contributed by atoms with Crippen LogP contribution >= 0.6 is 22.9 Å². The first-order chi connectivity index (χ1) is 11.0. The zero-order valence-electron chi connectivity index (χ0n) is 12.9. The number of hydrogen-bond acceptors (Lipinski definition) is 7. The first-order valence-electron chi connectivity index (χ1n) is 6.93. The van der Waals surface area contributed by atoms with Crippen LogP contribution in [0.3, 0.4) is 0 Å². The average Bonchev–Trinajstić information content (AvgIpc) is 2.92. The number of fused-ring (bicyclic) bond motifs is 1. The molecule has 0 aliphatic carbocycles. The number of sulfonamides is 1. The van der Waals surface area contributed by atoms with Gasteiger partial charge in [0.1, 0.15) is 8.42 Å². The molecule has 12 heteroatoms. The van der Waals surface area contributed by atoms with Gasteiger partial charge in [-0.25, -0.2) is 26.8 Å². The molecule has 1 aromatic heterocycles. The van der Waals surface area contributed by atoms with Crippen molar-refractivity contribution in [2.75, 3.05) is 12.6 Å². The molecule has 2 heterocycles. The quantitative estimate of drug-likeness (QED) is 0.744. The number of thiophene rings is 1. The molecule has 0 unspecified atom stereocenters. The Morgan fingerprint density at radius 2 is 2.17 bits per heavy atom. The summed E-state index contributed by atoms with van der Waals surface area (Å²) in [5, 5.41) is 4.34. The molecule has 0 fully saturated rings. The van der Waals surface area contributed by atoms with E-state index in [1.165, 1.54) is 17.9 Å². The summed E-state index contributed by atoms with van der Waals surface area (Å²) in [6, 6.07) is 0.250. The van der Waals surface area contributed by atoms with Gasteiger partial charge in [-0.05, 0) is 26.3 Å². The summed E-state index contributed by atoms with van der Waals surface area (Å²) in [5.41, 5.74) is 0.246. The fourth-order valence-electron chi connectivity index (χ4n) is 2.61. The number of ether oxygens (including phenoxy) is 1. The highest BCUT2D eigenvalue weighted by Crippen LogP contribution is 2.45. The lowest BCUT2D eigenvalue weighted by molar-refractivity contribution is 0.0984. The van der Waals surface area contributed by atoms with Crippen LogP contribution in [0.2, 0.25) is 0 Å². The lowest BCUT2D eigenvalue weighted by Gasteiger charge is -2.35. The number of nitrogens with two attached hydrogens (primary N) is 1. The molecule has 1 aliphatic heterocycles. The molecule has 136 valence electrons. The van der Waals surface area contributed by atoms with E-state index in [9.17, 15) is 21.6 Å². The van der Waals surface area contributed by atoms with E-state index < -0.39 is 37.2 Å². The molecule has 2 atom stereocenters. The van der Waals surface area contributed by atoms with E-state index >= 15 is 0 Å². The Balaban J connectivity index is 2.61. The lowest BCUT2D eigenvalue weighted by atomic mass is 10.0. The number of rotatable bonds is 4. The second-order valence-electron chi connectivity index (χ2n) is 5.27. The monoisotopic (exact) mass is 416 g/mol. The number of amides is 1. The van der Waals surface area contributed by atoms with Crippen LogP contribution < -0.4 is 5.14 Å². The molecule has 0 radical (unpaired) electrons. The molecule has 2 N–H and O–H groups in total. The van der Waals surface area contributed by atoms with Gasteiger partial charge in [-0.15, -0.1) is 11.3 Å². The van der Waals surface area contributed by atoms with E-state index in [1.54, 1.807) is 6.92 Å². The van der Waals surface area contributed by atoms with Gasteiger partial charge in [-0.3, -0.25) is 0 Å². The van der Waals surface area contributed by atoms with Crippen molar-refractivity contribution in [3.63, 3.8) is 0 Å². The van der Waals surface area contributed by atoms with Crippen LogP contribution in [0.15, 0.2) is 14.5 Å². The number of halogens is 1. The van der Waals surface area contributed by atoms with Crippen LogP contribution in [-0.2, 0) is 24.6 Å². The van der Waals surface area contributed by atoms with E-state index in [-0.39, 0.29) is 33.0 Å². The zero-order valence-corrected chi connectivity index (χ0v) is 16.1. The molecule has 1 aromatic rings. The Bertz CT molecular complexity index is 848. The molecule has 2 rings (SSSR count). The summed E-state index contributed by atoms with van der Waals surface area (Å²) in [5.74, 6) is 0. The Kier molecular flexibility index (Phi) is 5.50. The molecule has 0 saturated carbocycles. The predicted octanol–water partition coefficient (Wildman–Crippen LogP) is 1.66. The Hall–Kier alpha value is -0.880. The zero-order chi connectivity index (χ0) is 18.3. The summed E-state index contributed by atoms with van der Waals surface area (Å²) in [4.78, 5) is 13.4. The molecule has 1 aliphatic rings. The van der Waals surface area contributed by atoms with Crippen LogP contribution in [-0.4, -0.2) is 45.7 Å². The molecule has 1 amide bonds. The summed E-state index contributed by atoms with van der Waals surface area (Å²) in [6.07, 6.45) is -0.570. The Labute approximate surface area is 149 Å². The van der Waals surface area contributed by atoms with Crippen molar-refractivity contribution in [1.82, 2.24) is 4.90 Å². The third-order valence-electron chi connectivity index (χ3n) is 3.81. The first-order valence-corrected chi connectivity index (χ1v) is 11.4. The van der Waals surface area contributed by atoms with Gasteiger partial charge in [0.15, 0.2) is 15.9 Å². The average molecular weight is 417 g/mol. The van der Waals surface area contributed by atoms with Crippen molar-refractivity contribution in [2.24, 2.45) is 5.14 Å². The van der Waals surface area contributed by atoms with Gasteiger partial charge >= 0.3 is 6.09 Å². The van der Waals surface area contributed by atoms with Gasteiger partial charge in [0, 0.05) is 12.1 Å². The van der Waals surface area contributed by atoms with Crippen LogP contribution in [0, 0.1) is 0 Å². The predicted molar refractivity (Wildman–Crippen MR) is 89.3 cm³/mol. The highest BCUT2D eigenvalue weighted by atomic mass is 35.5. The summed E-state index contributed by atoms with van der Waals surface area (Å²) < 4.78 is 52.7. The van der Waals surface area contributed by atoms with Crippen molar-refractivity contribution in [2.45, 2.75) is 40.0 Å². The van der Waals surface area contributed by atoms with Crippen LogP contribution in [0.5, 0.6) is 0 Å². The molecular weight excluding hydrogens is 400 g/mol. The first kappa shape index (κ1) is 19.4. The molecule has 0 saturated heterocycles. The van der Waals surface area contributed by atoms with Crippen molar-refractivity contribution >= 4 is 48.9 Å². The number of alkyl halides is 1. The second-order valence-corrected chi connectivity index (χ2v) is 10.9. The van der Waals surface area contributed by atoms with E-state index in [2.05, 4.69) is 0 Å². The van der Waals surface area contributed by atoms with Crippen LogP contribution in [0.1, 0.15) is 31.9 Å². The molecule has 8 nitrogen and oxygen atoms in total. The summed E-state index contributed by atoms with van der Waals surface area (Å²) in [6.45, 7) is 3.46. The SMILES string of the molecule is CCN(C(=O)OCCl)[C@H]1C[C@H](C)S(=O)(=O)c2sc(S(N)(=O)=O)cc21. The standard InChI is InChI=1S/C12H17ClN2O6S3/c1-3-15(12(16)21-6-13)9-4-7(2)23(17,18)11-8(9)5-10(22-11)24(14,19)20/h5,7,9H,3-4,6H2,1-2H3,(H2,14,19,20)/t7-,9-/m0/s1. The number of carbonyl (C=O) groups is 1. The fraction of sp³-hybridized carbons (Fsp3) is 0.583. The summed E-state index contributed by atoms with van der Waals surface area (Å²) >= 11 is 6.02. The minimum Gasteiger partial charge on any atom is -0.433 e. The minimum atomic E-state index is -4.05. The highest BCUT2D eigenvalue weighted by Gasteiger charge is 2.42.